The highest BCUT2D eigenvalue weighted by molar-refractivity contribution is 5.84. The highest BCUT2D eigenvalue weighted by Gasteiger charge is 2.10. The topological polar surface area (TPSA) is 58.4 Å². The summed E-state index contributed by atoms with van der Waals surface area (Å²) in [5.41, 5.74) is 0.857. The lowest BCUT2D eigenvalue weighted by Crippen LogP contribution is -2.27. The van der Waals surface area contributed by atoms with E-state index >= 15 is 0 Å². The lowest BCUT2D eigenvalue weighted by Gasteiger charge is -2.14. The van der Waals surface area contributed by atoms with Crippen molar-refractivity contribution in [3.05, 3.63) is 34.7 Å². The van der Waals surface area contributed by atoms with Gasteiger partial charge in [-0.1, -0.05) is 0 Å². The smallest absolute Gasteiger partial charge is 0.274 e. The second-order valence-electron chi connectivity index (χ2n) is 4.59. The largest absolute Gasteiger partial charge is 0.394 e. The van der Waals surface area contributed by atoms with Gasteiger partial charge in [0.15, 0.2) is 0 Å². The molecule has 0 unspecified atom stereocenters. The molecule has 5 heteroatoms. The summed E-state index contributed by atoms with van der Waals surface area (Å²) in [6.07, 6.45) is 1.66. The van der Waals surface area contributed by atoms with E-state index in [0.717, 1.165) is 11.1 Å². The van der Waals surface area contributed by atoms with Crippen LogP contribution in [-0.2, 0) is 0 Å². The highest BCUT2D eigenvalue weighted by atomic mass is 16.3. The van der Waals surface area contributed by atoms with Gasteiger partial charge < -0.3 is 10.0 Å². The Labute approximate surface area is 105 Å². The van der Waals surface area contributed by atoms with Gasteiger partial charge in [-0.25, -0.2) is 4.68 Å². The molecule has 1 aromatic carbocycles. The van der Waals surface area contributed by atoms with Gasteiger partial charge in [0.05, 0.1) is 24.2 Å². The van der Waals surface area contributed by atoms with E-state index in [1.54, 1.807) is 19.2 Å². The third-order valence-corrected chi connectivity index (χ3v) is 2.99. The molecule has 0 bridgehead atoms. The van der Waals surface area contributed by atoms with Crippen LogP contribution in [0.15, 0.2) is 29.2 Å². The molecule has 2 rings (SSSR count). The van der Waals surface area contributed by atoms with E-state index in [1.807, 2.05) is 31.1 Å². The number of nitrogens with zero attached hydrogens (tertiary/aromatic N) is 3. The molecule has 5 nitrogen and oxygen atoms in total. The summed E-state index contributed by atoms with van der Waals surface area (Å²) in [7, 11) is 3.90. The number of aromatic nitrogens is 2. The number of benzene rings is 1. The Bertz CT molecular complexity index is 619. The number of hydrogen-bond donors (Lipinski definition) is 1. The van der Waals surface area contributed by atoms with E-state index in [2.05, 4.69) is 5.10 Å². The van der Waals surface area contributed by atoms with Crippen molar-refractivity contribution >= 4 is 16.5 Å². The quantitative estimate of drug-likeness (QED) is 0.879. The minimum atomic E-state index is -0.310. The summed E-state index contributed by atoms with van der Waals surface area (Å²) >= 11 is 0. The first kappa shape index (κ1) is 12.6. The predicted molar refractivity (Wildman–Crippen MR) is 72.1 cm³/mol. The van der Waals surface area contributed by atoms with Crippen molar-refractivity contribution in [3.63, 3.8) is 0 Å². The number of aliphatic hydroxyl groups excluding tert-OH is 1. The molecule has 2 aromatic rings. The SMILES string of the molecule is C[C@@H](CO)n1ncc2cc(N(C)C)ccc2c1=O. The van der Waals surface area contributed by atoms with Crippen LogP contribution in [0.4, 0.5) is 5.69 Å². The monoisotopic (exact) mass is 247 g/mol. The summed E-state index contributed by atoms with van der Waals surface area (Å²) in [5, 5.41) is 14.6. The molecule has 0 amide bonds. The molecule has 1 atom stereocenters. The molecule has 0 fully saturated rings. The molecule has 0 aliphatic heterocycles. The van der Waals surface area contributed by atoms with Crippen molar-refractivity contribution in [2.45, 2.75) is 13.0 Å². The Morgan fingerprint density at radius 2 is 2.17 bits per heavy atom. The van der Waals surface area contributed by atoms with E-state index in [-0.39, 0.29) is 18.2 Å². The molecule has 0 aliphatic carbocycles. The van der Waals surface area contributed by atoms with Gasteiger partial charge >= 0.3 is 0 Å². The maximum absolute atomic E-state index is 12.2. The Kier molecular flexibility index (Phi) is 3.34. The third kappa shape index (κ3) is 2.09. The van der Waals surface area contributed by atoms with E-state index in [9.17, 15) is 4.79 Å². The molecule has 1 aromatic heterocycles. The van der Waals surface area contributed by atoms with E-state index in [4.69, 9.17) is 5.11 Å². The van der Waals surface area contributed by atoms with Crippen molar-refractivity contribution in [2.24, 2.45) is 0 Å². The molecule has 0 spiro atoms. The van der Waals surface area contributed by atoms with Gasteiger partial charge in [0.25, 0.3) is 5.56 Å². The van der Waals surface area contributed by atoms with Crippen LogP contribution in [0, 0.1) is 0 Å². The average Bonchev–Trinajstić information content (AvgIpc) is 2.37. The lowest BCUT2D eigenvalue weighted by atomic mass is 10.1. The van der Waals surface area contributed by atoms with Gasteiger partial charge in [0.1, 0.15) is 0 Å². The van der Waals surface area contributed by atoms with E-state index < -0.39 is 0 Å². The fourth-order valence-electron chi connectivity index (χ4n) is 1.82. The van der Waals surface area contributed by atoms with Crippen molar-refractivity contribution in [2.75, 3.05) is 25.6 Å². The van der Waals surface area contributed by atoms with Crippen molar-refractivity contribution < 1.29 is 5.11 Å². The van der Waals surface area contributed by atoms with E-state index in [0.29, 0.717) is 5.39 Å². The first-order valence-electron chi connectivity index (χ1n) is 5.84. The first-order valence-corrected chi connectivity index (χ1v) is 5.84. The molecule has 96 valence electrons. The van der Waals surface area contributed by atoms with Crippen LogP contribution in [0.1, 0.15) is 13.0 Å². The summed E-state index contributed by atoms with van der Waals surface area (Å²) in [6.45, 7) is 1.66. The molecular formula is C13H17N3O2. The van der Waals surface area contributed by atoms with Crippen LogP contribution in [0.5, 0.6) is 0 Å². The number of rotatable bonds is 3. The number of hydrogen-bond acceptors (Lipinski definition) is 4. The Balaban J connectivity index is 2.63. The van der Waals surface area contributed by atoms with Gasteiger partial charge in [0.2, 0.25) is 0 Å². The molecule has 1 heterocycles. The molecule has 0 aliphatic rings. The third-order valence-electron chi connectivity index (χ3n) is 2.99. The Hall–Kier alpha value is -1.88. The van der Waals surface area contributed by atoms with Crippen LogP contribution >= 0.6 is 0 Å². The summed E-state index contributed by atoms with van der Waals surface area (Å²) < 4.78 is 1.32. The Morgan fingerprint density at radius 3 is 2.78 bits per heavy atom. The maximum Gasteiger partial charge on any atom is 0.274 e. The maximum atomic E-state index is 12.2. The zero-order chi connectivity index (χ0) is 13.3. The van der Waals surface area contributed by atoms with Crippen LogP contribution in [0.3, 0.4) is 0 Å². The number of fused-ring (bicyclic) bond motifs is 1. The highest BCUT2D eigenvalue weighted by Crippen LogP contribution is 2.18. The number of anilines is 1. The van der Waals surface area contributed by atoms with Gasteiger partial charge in [0, 0.05) is 25.2 Å². The summed E-state index contributed by atoms with van der Waals surface area (Å²) in [4.78, 5) is 14.2. The average molecular weight is 247 g/mol. The van der Waals surface area contributed by atoms with E-state index in [1.165, 1.54) is 4.68 Å². The minimum absolute atomic E-state index is 0.103. The van der Waals surface area contributed by atoms with Crippen molar-refractivity contribution in [3.8, 4) is 0 Å². The lowest BCUT2D eigenvalue weighted by molar-refractivity contribution is 0.226. The zero-order valence-electron chi connectivity index (χ0n) is 10.8. The molecular weight excluding hydrogens is 230 g/mol. The molecule has 1 N–H and O–H groups in total. The Morgan fingerprint density at radius 1 is 1.44 bits per heavy atom. The molecule has 0 saturated carbocycles. The van der Waals surface area contributed by atoms with Gasteiger partial charge in [-0.05, 0) is 25.1 Å². The molecule has 0 saturated heterocycles. The van der Waals surface area contributed by atoms with Gasteiger partial charge in [-0.2, -0.15) is 5.10 Å². The number of aliphatic hydroxyl groups is 1. The predicted octanol–water partition coefficient (Wildman–Crippen LogP) is 1.02. The van der Waals surface area contributed by atoms with Crippen molar-refractivity contribution in [1.29, 1.82) is 0 Å². The van der Waals surface area contributed by atoms with Crippen molar-refractivity contribution in [1.82, 2.24) is 9.78 Å². The van der Waals surface area contributed by atoms with Crippen LogP contribution in [0.25, 0.3) is 10.8 Å². The van der Waals surface area contributed by atoms with Gasteiger partial charge in [-0.3, -0.25) is 4.79 Å². The first-order chi connectivity index (χ1) is 8.54. The standard InChI is InChI=1S/C13H17N3O2/c1-9(8-17)16-13(18)12-5-4-11(15(2)3)6-10(12)7-14-16/h4-7,9,17H,8H2,1-3H3/t9-/m0/s1. The minimum Gasteiger partial charge on any atom is -0.394 e. The second-order valence-corrected chi connectivity index (χ2v) is 4.59. The van der Waals surface area contributed by atoms with Crippen LogP contribution in [-0.4, -0.2) is 35.6 Å². The zero-order valence-corrected chi connectivity index (χ0v) is 10.8. The molecule has 0 radical (unpaired) electrons. The van der Waals surface area contributed by atoms with Gasteiger partial charge in [-0.15, -0.1) is 0 Å². The van der Waals surface area contributed by atoms with Crippen LogP contribution < -0.4 is 10.5 Å². The summed E-state index contributed by atoms with van der Waals surface area (Å²) in [5.74, 6) is 0. The fourth-order valence-corrected chi connectivity index (χ4v) is 1.82. The second kappa shape index (κ2) is 4.78. The molecule has 18 heavy (non-hydrogen) atoms. The summed E-state index contributed by atoms with van der Waals surface area (Å²) in [6, 6.07) is 5.32. The van der Waals surface area contributed by atoms with Crippen LogP contribution in [0.2, 0.25) is 0 Å². The fraction of sp³-hybridized carbons (Fsp3) is 0.385. The normalized spacial score (nSPS) is 12.7.